The Hall–Kier alpha value is -2.30. The predicted molar refractivity (Wildman–Crippen MR) is 82.0 cm³/mol. The van der Waals surface area contributed by atoms with Crippen LogP contribution in [0.25, 0.3) is 0 Å². The fourth-order valence-corrected chi connectivity index (χ4v) is 3.23. The molecule has 0 saturated heterocycles. The number of nitrogens with zero attached hydrogens (tertiary/aromatic N) is 1. The lowest BCUT2D eigenvalue weighted by molar-refractivity contribution is 0.0906. The molecule has 116 valence electrons. The summed E-state index contributed by atoms with van der Waals surface area (Å²) in [4.78, 5) is 12.1. The van der Waals surface area contributed by atoms with Crippen LogP contribution in [0.15, 0.2) is 41.1 Å². The maximum Gasteiger partial charge on any atom is 0.289 e. The number of methoxy groups -OCH3 is 1. The topological polar surface area (TPSA) is 64.4 Å². The molecule has 1 fully saturated rings. The van der Waals surface area contributed by atoms with Gasteiger partial charge in [-0.25, -0.2) is 0 Å². The molecule has 5 nitrogen and oxygen atoms in total. The van der Waals surface area contributed by atoms with E-state index in [2.05, 4.69) is 22.6 Å². The van der Waals surface area contributed by atoms with Crippen molar-refractivity contribution < 1.29 is 14.1 Å². The van der Waals surface area contributed by atoms with E-state index in [1.165, 1.54) is 24.6 Å². The van der Waals surface area contributed by atoms with E-state index in [4.69, 9.17) is 9.26 Å². The third-order valence-corrected chi connectivity index (χ3v) is 4.51. The molecule has 1 heterocycles. The monoisotopic (exact) mass is 300 g/mol. The molecule has 1 N–H and O–H groups in total. The Labute approximate surface area is 129 Å². The van der Waals surface area contributed by atoms with E-state index in [1.807, 2.05) is 12.1 Å². The average molecular weight is 300 g/mol. The maximum absolute atomic E-state index is 12.1. The van der Waals surface area contributed by atoms with Crippen LogP contribution in [0.4, 0.5) is 0 Å². The second kappa shape index (κ2) is 6.22. The van der Waals surface area contributed by atoms with Gasteiger partial charge in [0.25, 0.3) is 5.91 Å². The first kappa shape index (κ1) is 14.6. The Bertz CT molecular complexity index is 614. The molecule has 0 spiro atoms. The van der Waals surface area contributed by atoms with Crippen LogP contribution < -0.4 is 10.1 Å². The standard InChI is InChI=1S/C17H20N2O3/c1-21-14-6-4-13(5-7-14)17(9-2-3-10-17)12-18-16(20)15-8-11-19-22-15/h4-8,11H,2-3,9-10,12H2,1H3,(H,18,20). The van der Waals surface area contributed by atoms with Gasteiger partial charge in [-0.2, -0.15) is 0 Å². The molecule has 1 amide bonds. The Morgan fingerprint density at radius 1 is 1.27 bits per heavy atom. The van der Waals surface area contributed by atoms with Gasteiger partial charge in [-0.05, 0) is 30.5 Å². The quantitative estimate of drug-likeness (QED) is 0.922. The minimum Gasteiger partial charge on any atom is -0.497 e. The summed E-state index contributed by atoms with van der Waals surface area (Å²) in [5.74, 6) is 0.891. The van der Waals surface area contributed by atoms with Gasteiger partial charge in [0.2, 0.25) is 5.76 Å². The number of carbonyl (C=O) groups excluding carboxylic acids is 1. The molecular weight excluding hydrogens is 280 g/mol. The zero-order valence-electron chi connectivity index (χ0n) is 12.7. The Kier molecular flexibility index (Phi) is 4.13. The molecule has 0 radical (unpaired) electrons. The van der Waals surface area contributed by atoms with Crippen molar-refractivity contribution in [1.29, 1.82) is 0 Å². The molecule has 1 aliphatic rings. The first-order valence-corrected chi connectivity index (χ1v) is 7.57. The summed E-state index contributed by atoms with van der Waals surface area (Å²) in [6.45, 7) is 0.610. The Morgan fingerprint density at radius 2 is 2.00 bits per heavy atom. The number of amides is 1. The second-order valence-electron chi connectivity index (χ2n) is 5.78. The van der Waals surface area contributed by atoms with E-state index in [0.717, 1.165) is 18.6 Å². The molecule has 0 unspecified atom stereocenters. The summed E-state index contributed by atoms with van der Waals surface area (Å²) in [6.07, 6.45) is 6.00. The van der Waals surface area contributed by atoms with E-state index < -0.39 is 0 Å². The van der Waals surface area contributed by atoms with Gasteiger partial charge in [0.1, 0.15) is 5.75 Å². The van der Waals surface area contributed by atoms with Crippen molar-refractivity contribution in [2.24, 2.45) is 0 Å². The van der Waals surface area contributed by atoms with Crippen molar-refractivity contribution in [3.05, 3.63) is 47.9 Å². The summed E-state index contributed by atoms with van der Waals surface area (Å²) in [5, 5.41) is 6.56. The van der Waals surface area contributed by atoms with E-state index in [0.29, 0.717) is 6.54 Å². The highest BCUT2D eigenvalue weighted by Crippen LogP contribution is 2.41. The third-order valence-electron chi connectivity index (χ3n) is 4.51. The van der Waals surface area contributed by atoms with E-state index in [-0.39, 0.29) is 17.1 Å². The summed E-state index contributed by atoms with van der Waals surface area (Å²) >= 11 is 0. The van der Waals surface area contributed by atoms with Crippen molar-refractivity contribution in [1.82, 2.24) is 10.5 Å². The molecule has 1 aromatic carbocycles. The maximum atomic E-state index is 12.1. The normalized spacial score (nSPS) is 16.4. The van der Waals surface area contributed by atoms with E-state index >= 15 is 0 Å². The highest BCUT2D eigenvalue weighted by atomic mass is 16.5. The van der Waals surface area contributed by atoms with Crippen LogP contribution in [0.3, 0.4) is 0 Å². The lowest BCUT2D eigenvalue weighted by atomic mass is 9.78. The highest BCUT2D eigenvalue weighted by Gasteiger charge is 2.36. The number of nitrogens with one attached hydrogen (secondary N) is 1. The first-order valence-electron chi connectivity index (χ1n) is 7.57. The van der Waals surface area contributed by atoms with Crippen LogP contribution in [0.2, 0.25) is 0 Å². The molecule has 1 aliphatic carbocycles. The minimum atomic E-state index is -0.211. The average Bonchev–Trinajstić information content (AvgIpc) is 3.25. The molecule has 0 bridgehead atoms. The molecule has 1 saturated carbocycles. The van der Waals surface area contributed by atoms with Crippen LogP contribution >= 0.6 is 0 Å². The molecule has 0 aliphatic heterocycles. The van der Waals surface area contributed by atoms with Crippen LogP contribution in [-0.2, 0) is 5.41 Å². The largest absolute Gasteiger partial charge is 0.497 e. The summed E-state index contributed by atoms with van der Waals surface area (Å²) in [6, 6.07) is 9.74. The first-order chi connectivity index (χ1) is 10.7. The van der Waals surface area contributed by atoms with Gasteiger partial charge in [-0.1, -0.05) is 30.1 Å². The SMILES string of the molecule is COc1ccc(C2(CNC(=O)c3ccno3)CCCC2)cc1. The van der Waals surface area contributed by atoms with Crippen LogP contribution in [0.1, 0.15) is 41.8 Å². The molecule has 2 aromatic rings. The van der Waals surface area contributed by atoms with Crippen molar-refractivity contribution in [2.45, 2.75) is 31.1 Å². The van der Waals surface area contributed by atoms with Gasteiger partial charge in [0.05, 0.1) is 13.3 Å². The summed E-state index contributed by atoms with van der Waals surface area (Å²) in [5.41, 5.74) is 1.26. The zero-order valence-corrected chi connectivity index (χ0v) is 12.7. The Balaban J connectivity index is 1.75. The minimum absolute atomic E-state index is 0.00194. The number of ether oxygens (including phenoxy) is 1. The van der Waals surface area contributed by atoms with Gasteiger partial charge in [-0.15, -0.1) is 0 Å². The molecular formula is C17H20N2O3. The fourth-order valence-electron chi connectivity index (χ4n) is 3.23. The highest BCUT2D eigenvalue weighted by molar-refractivity contribution is 5.91. The third kappa shape index (κ3) is 2.84. The van der Waals surface area contributed by atoms with Crippen molar-refractivity contribution in [2.75, 3.05) is 13.7 Å². The van der Waals surface area contributed by atoms with Crippen LogP contribution in [0.5, 0.6) is 5.75 Å². The second-order valence-corrected chi connectivity index (χ2v) is 5.78. The number of hydrogen-bond donors (Lipinski definition) is 1. The fraction of sp³-hybridized carbons (Fsp3) is 0.412. The van der Waals surface area contributed by atoms with Crippen LogP contribution in [0, 0.1) is 0 Å². The zero-order chi connectivity index (χ0) is 15.4. The van der Waals surface area contributed by atoms with Crippen molar-refractivity contribution in [3.63, 3.8) is 0 Å². The number of carbonyl (C=O) groups is 1. The molecule has 22 heavy (non-hydrogen) atoms. The van der Waals surface area contributed by atoms with Crippen LogP contribution in [-0.4, -0.2) is 24.7 Å². The van der Waals surface area contributed by atoms with Gasteiger partial charge in [0.15, 0.2) is 0 Å². The van der Waals surface area contributed by atoms with Gasteiger partial charge in [-0.3, -0.25) is 4.79 Å². The molecule has 0 atom stereocenters. The number of rotatable bonds is 5. The van der Waals surface area contributed by atoms with Gasteiger partial charge >= 0.3 is 0 Å². The molecule has 1 aromatic heterocycles. The van der Waals surface area contributed by atoms with Gasteiger partial charge in [0, 0.05) is 18.0 Å². The number of hydrogen-bond acceptors (Lipinski definition) is 4. The smallest absolute Gasteiger partial charge is 0.289 e. The van der Waals surface area contributed by atoms with Crippen molar-refractivity contribution in [3.8, 4) is 5.75 Å². The Morgan fingerprint density at radius 3 is 2.59 bits per heavy atom. The summed E-state index contributed by atoms with van der Waals surface area (Å²) < 4.78 is 10.1. The number of aromatic nitrogens is 1. The predicted octanol–water partition coefficient (Wildman–Crippen LogP) is 2.93. The lowest BCUT2D eigenvalue weighted by Gasteiger charge is -2.30. The molecule has 5 heteroatoms. The van der Waals surface area contributed by atoms with Gasteiger partial charge < -0.3 is 14.6 Å². The number of benzene rings is 1. The molecule has 3 rings (SSSR count). The van der Waals surface area contributed by atoms with Crippen molar-refractivity contribution >= 4 is 5.91 Å². The summed E-state index contributed by atoms with van der Waals surface area (Å²) in [7, 11) is 1.66. The van der Waals surface area contributed by atoms with E-state index in [9.17, 15) is 4.79 Å². The lowest BCUT2D eigenvalue weighted by Crippen LogP contribution is -2.38. The van der Waals surface area contributed by atoms with E-state index in [1.54, 1.807) is 13.2 Å².